The van der Waals surface area contributed by atoms with E-state index in [1.165, 1.54) is 6.07 Å². The molecule has 0 fully saturated rings. The lowest BCUT2D eigenvalue weighted by Gasteiger charge is -2.30. The Morgan fingerprint density at radius 1 is 1.33 bits per heavy atom. The highest BCUT2D eigenvalue weighted by Gasteiger charge is 2.32. The molecule has 0 saturated carbocycles. The van der Waals surface area contributed by atoms with Gasteiger partial charge in [0.05, 0.1) is 0 Å². The average Bonchev–Trinajstić information content (AvgIpc) is 2.31. The number of hydrogen-bond donors (Lipinski definition) is 1. The minimum atomic E-state index is -4.42. The van der Waals surface area contributed by atoms with Crippen molar-refractivity contribution in [1.29, 1.82) is 0 Å². The second kappa shape index (κ2) is 6.60. The Morgan fingerprint density at radius 2 is 1.95 bits per heavy atom. The van der Waals surface area contributed by atoms with Crippen molar-refractivity contribution < 1.29 is 27.5 Å². The minimum absolute atomic E-state index is 0.0485. The molecule has 0 saturated heterocycles. The molecule has 0 amide bonds. The Bertz CT molecular complexity index is 538. The lowest BCUT2D eigenvalue weighted by molar-refractivity contribution is -0.131. The van der Waals surface area contributed by atoms with Crippen LogP contribution in [0, 0.1) is 5.82 Å². The monoisotopic (exact) mass is 305 g/mol. The number of halogens is 4. The number of aliphatic carboxylic acids is 1. The molecule has 0 spiro atoms. The fourth-order valence-corrected chi connectivity index (χ4v) is 1.79. The number of alkyl halides is 3. The number of carboxylic acid groups (broad SMARTS) is 1. The predicted molar refractivity (Wildman–Crippen MR) is 71.6 cm³/mol. The zero-order valence-corrected chi connectivity index (χ0v) is 11.5. The van der Waals surface area contributed by atoms with Crippen LogP contribution in [-0.2, 0) is 4.79 Å². The normalized spacial score (nSPS) is 12.1. The Balaban J connectivity index is 3.17. The summed E-state index contributed by atoms with van der Waals surface area (Å²) in [5, 5.41) is 8.52. The van der Waals surface area contributed by atoms with Crippen LogP contribution in [-0.4, -0.2) is 29.8 Å². The summed E-state index contributed by atoms with van der Waals surface area (Å²) >= 11 is 0. The predicted octanol–water partition coefficient (Wildman–Crippen LogP) is 3.70. The lowest BCUT2D eigenvalue weighted by Crippen LogP contribution is -2.39. The maximum absolute atomic E-state index is 13.5. The van der Waals surface area contributed by atoms with Crippen LogP contribution in [0.15, 0.2) is 24.3 Å². The molecule has 0 bridgehead atoms. The van der Waals surface area contributed by atoms with Gasteiger partial charge in [-0.1, -0.05) is 0 Å². The van der Waals surface area contributed by atoms with Gasteiger partial charge in [-0.2, -0.15) is 13.2 Å². The van der Waals surface area contributed by atoms with Crippen molar-refractivity contribution >= 4 is 17.7 Å². The van der Waals surface area contributed by atoms with Crippen LogP contribution in [0.25, 0.3) is 6.08 Å². The van der Waals surface area contributed by atoms with Crippen molar-refractivity contribution in [3.05, 3.63) is 35.7 Å². The topological polar surface area (TPSA) is 40.5 Å². The summed E-state index contributed by atoms with van der Waals surface area (Å²) < 4.78 is 51.3. The van der Waals surface area contributed by atoms with Crippen molar-refractivity contribution in [3.8, 4) is 0 Å². The van der Waals surface area contributed by atoms with Gasteiger partial charge in [0, 0.05) is 17.8 Å². The highest BCUT2D eigenvalue weighted by Crippen LogP contribution is 2.26. The van der Waals surface area contributed by atoms with E-state index in [-0.39, 0.29) is 11.3 Å². The molecule has 0 aliphatic carbocycles. The van der Waals surface area contributed by atoms with Crippen LogP contribution in [0.2, 0.25) is 0 Å². The number of carboxylic acids is 1. The molecule has 0 aliphatic rings. The van der Waals surface area contributed by atoms with Crippen LogP contribution >= 0.6 is 0 Å². The number of carbonyl (C=O) groups is 1. The number of hydrogen-bond acceptors (Lipinski definition) is 2. The Hall–Kier alpha value is -2.05. The van der Waals surface area contributed by atoms with Crippen molar-refractivity contribution in [3.63, 3.8) is 0 Å². The second-order valence-corrected chi connectivity index (χ2v) is 4.75. The van der Waals surface area contributed by atoms with Gasteiger partial charge >= 0.3 is 12.1 Å². The zero-order chi connectivity index (χ0) is 16.2. The van der Waals surface area contributed by atoms with Gasteiger partial charge in [-0.15, -0.1) is 0 Å². The first-order valence-electron chi connectivity index (χ1n) is 6.13. The number of anilines is 1. The molecule has 0 radical (unpaired) electrons. The Morgan fingerprint density at radius 3 is 2.43 bits per heavy atom. The molecule has 7 heteroatoms. The van der Waals surface area contributed by atoms with Gasteiger partial charge in [0.25, 0.3) is 0 Å². The van der Waals surface area contributed by atoms with Gasteiger partial charge in [0.15, 0.2) is 0 Å². The van der Waals surface area contributed by atoms with Crippen LogP contribution in [0.1, 0.15) is 19.4 Å². The van der Waals surface area contributed by atoms with Crippen molar-refractivity contribution in [2.24, 2.45) is 0 Å². The molecular formula is C14H15F4NO2. The van der Waals surface area contributed by atoms with Crippen molar-refractivity contribution in [1.82, 2.24) is 0 Å². The molecule has 0 aliphatic heterocycles. The van der Waals surface area contributed by atoms with E-state index in [9.17, 15) is 22.4 Å². The highest BCUT2D eigenvalue weighted by atomic mass is 19.4. The maximum atomic E-state index is 13.5. The summed E-state index contributed by atoms with van der Waals surface area (Å²) in [5.74, 6) is -1.96. The Labute approximate surface area is 119 Å². The molecule has 0 heterocycles. The molecule has 0 aromatic heterocycles. The van der Waals surface area contributed by atoms with E-state index in [4.69, 9.17) is 5.11 Å². The third kappa shape index (κ3) is 5.85. The molecule has 3 nitrogen and oxygen atoms in total. The molecule has 21 heavy (non-hydrogen) atoms. The van der Waals surface area contributed by atoms with Gasteiger partial charge in [-0.05, 0) is 43.7 Å². The summed E-state index contributed by atoms with van der Waals surface area (Å²) in [7, 11) is 0. The van der Waals surface area contributed by atoms with Gasteiger partial charge in [0.1, 0.15) is 12.4 Å². The minimum Gasteiger partial charge on any atom is -0.478 e. The molecule has 0 atom stereocenters. The van der Waals surface area contributed by atoms with Crippen LogP contribution < -0.4 is 4.90 Å². The van der Waals surface area contributed by atoms with Gasteiger partial charge in [-0.3, -0.25) is 0 Å². The van der Waals surface area contributed by atoms with Crippen LogP contribution in [0.4, 0.5) is 23.2 Å². The molecule has 1 aromatic rings. The molecular weight excluding hydrogens is 290 g/mol. The summed E-state index contributed by atoms with van der Waals surface area (Å²) in [4.78, 5) is 11.4. The summed E-state index contributed by atoms with van der Waals surface area (Å²) in [6.07, 6.45) is -2.50. The van der Waals surface area contributed by atoms with Gasteiger partial charge < -0.3 is 10.0 Å². The first-order valence-corrected chi connectivity index (χ1v) is 6.13. The molecule has 1 rings (SSSR count). The van der Waals surface area contributed by atoms with E-state index in [0.717, 1.165) is 29.2 Å². The zero-order valence-electron chi connectivity index (χ0n) is 11.5. The molecule has 1 aromatic carbocycles. The van der Waals surface area contributed by atoms with E-state index in [1.54, 1.807) is 13.8 Å². The van der Waals surface area contributed by atoms with E-state index < -0.39 is 30.5 Å². The van der Waals surface area contributed by atoms with Crippen molar-refractivity contribution in [2.75, 3.05) is 11.4 Å². The summed E-state index contributed by atoms with van der Waals surface area (Å²) in [5.41, 5.74) is 0.229. The van der Waals surface area contributed by atoms with E-state index in [1.807, 2.05) is 0 Å². The summed E-state index contributed by atoms with van der Waals surface area (Å²) in [6, 6.07) is 2.86. The first kappa shape index (κ1) is 17.0. The standard InChI is InChI=1S/C14H15F4NO2/c1-9(2)19(8-14(16,17)18)12-6-10(3-4-13(20)21)5-11(15)7-12/h3-7,9H,8H2,1-2H3,(H,20,21)/b4-3+. The van der Waals surface area contributed by atoms with Crippen molar-refractivity contribution in [2.45, 2.75) is 26.1 Å². The van der Waals surface area contributed by atoms with Gasteiger partial charge in [-0.25, -0.2) is 9.18 Å². The second-order valence-electron chi connectivity index (χ2n) is 4.75. The van der Waals surface area contributed by atoms with E-state index in [0.29, 0.717) is 0 Å². The van der Waals surface area contributed by atoms with E-state index in [2.05, 4.69) is 0 Å². The maximum Gasteiger partial charge on any atom is 0.405 e. The third-order valence-electron chi connectivity index (χ3n) is 2.63. The average molecular weight is 305 g/mol. The quantitative estimate of drug-likeness (QED) is 0.666. The molecule has 1 N–H and O–H groups in total. The molecule has 116 valence electrons. The summed E-state index contributed by atoms with van der Waals surface area (Å²) in [6.45, 7) is 1.91. The SMILES string of the molecule is CC(C)N(CC(F)(F)F)c1cc(F)cc(/C=C/C(=O)O)c1. The van der Waals surface area contributed by atoms with E-state index >= 15 is 0 Å². The lowest BCUT2D eigenvalue weighted by atomic mass is 10.1. The Kier molecular flexibility index (Phi) is 5.34. The van der Waals surface area contributed by atoms with Gasteiger partial charge in [0.2, 0.25) is 0 Å². The van der Waals surface area contributed by atoms with Crippen LogP contribution in [0.5, 0.6) is 0 Å². The number of benzene rings is 1. The third-order valence-corrected chi connectivity index (χ3v) is 2.63. The number of nitrogens with zero attached hydrogens (tertiary/aromatic N) is 1. The fraction of sp³-hybridized carbons (Fsp3) is 0.357. The fourth-order valence-electron chi connectivity index (χ4n) is 1.79. The van der Waals surface area contributed by atoms with Crippen LogP contribution in [0.3, 0.4) is 0 Å². The first-order chi connectivity index (χ1) is 9.58. The smallest absolute Gasteiger partial charge is 0.405 e. The largest absolute Gasteiger partial charge is 0.478 e. The molecule has 0 unspecified atom stereocenters. The number of rotatable bonds is 5. The highest BCUT2D eigenvalue weighted by molar-refractivity contribution is 5.85.